The highest BCUT2D eigenvalue weighted by atomic mass is 35.5. The average molecular weight is 239 g/mol. The van der Waals surface area contributed by atoms with Gasteiger partial charge >= 0.3 is 0 Å². The molecule has 0 fully saturated rings. The first-order valence-electron chi connectivity index (χ1n) is 4.64. The standard InChI is InChI=1S/C11H8ClFN2O/c12-9-6-8(14-15-11(9)16)5-7-3-1-2-4-10(7)13/h1-4,6H,5H2,(H,15,16). The molecule has 0 amide bonds. The lowest BCUT2D eigenvalue weighted by molar-refractivity contribution is 0.612. The van der Waals surface area contributed by atoms with Crippen molar-refractivity contribution in [3.05, 3.63) is 62.8 Å². The Kier molecular flexibility index (Phi) is 3.01. The van der Waals surface area contributed by atoms with E-state index in [-0.39, 0.29) is 10.8 Å². The largest absolute Gasteiger partial charge is 0.282 e. The number of benzene rings is 1. The van der Waals surface area contributed by atoms with Crippen LogP contribution in [0, 0.1) is 5.82 Å². The molecule has 3 nitrogen and oxygen atoms in total. The number of nitrogens with zero attached hydrogens (tertiary/aromatic N) is 1. The third kappa shape index (κ3) is 2.28. The van der Waals surface area contributed by atoms with Crippen LogP contribution in [0.3, 0.4) is 0 Å². The lowest BCUT2D eigenvalue weighted by atomic mass is 10.1. The van der Waals surface area contributed by atoms with Gasteiger partial charge in [-0.3, -0.25) is 4.79 Å². The number of H-pyrrole nitrogens is 1. The molecule has 2 rings (SSSR count). The van der Waals surface area contributed by atoms with Crippen molar-refractivity contribution in [1.82, 2.24) is 10.2 Å². The molecule has 0 unspecified atom stereocenters. The summed E-state index contributed by atoms with van der Waals surface area (Å²) < 4.78 is 13.3. The van der Waals surface area contributed by atoms with Gasteiger partial charge in [0.1, 0.15) is 10.8 Å². The molecule has 5 heteroatoms. The van der Waals surface area contributed by atoms with Gasteiger partial charge in [-0.2, -0.15) is 5.10 Å². The van der Waals surface area contributed by atoms with Gasteiger partial charge in [-0.25, -0.2) is 9.49 Å². The molecule has 0 spiro atoms. The van der Waals surface area contributed by atoms with Gasteiger partial charge in [0.2, 0.25) is 0 Å². The minimum Gasteiger partial charge on any atom is -0.266 e. The highest BCUT2D eigenvalue weighted by Crippen LogP contribution is 2.12. The molecule has 0 aliphatic rings. The second kappa shape index (κ2) is 4.45. The molecule has 0 bridgehead atoms. The maximum absolute atomic E-state index is 13.3. The van der Waals surface area contributed by atoms with E-state index >= 15 is 0 Å². The maximum atomic E-state index is 13.3. The van der Waals surface area contributed by atoms with E-state index in [2.05, 4.69) is 10.2 Å². The van der Waals surface area contributed by atoms with Gasteiger partial charge in [-0.1, -0.05) is 29.8 Å². The Labute approximate surface area is 95.9 Å². The quantitative estimate of drug-likeness (QED) is 0.872. The Balaban J connectivity index is 2.31. The molecule has 0 aliphatic heterocycles. The van der Waals surface area contributed by atoms with E-state index in [1.165, 1.54) is 12.1 Å². The number of nitrogens with one attached hydrogen (secondary N) is 1. The highest BCUT2D eigenvalue weighted by molar-refractivity contribution is 6.30. The van der Waals surface area contributed by atoms with Crippen molar-refractivity contribution in [3.8, 4) is 0 Å². The molecule has 1 N–H and O–H groups in total. The predicted molar refractivity (Wildman–Crippen MR) is 59.1 cm³/mol. The first kappa shape index (κ1) is 10.8. The van der Waals surface area contributed by atoms with Crippen molar-refractivity contribution in [2.75, 3.05) is 0 Å². The van der Waals surface area contributed by atoms with Crippen molar-refractivity contribution in [1.29, 1.82) is 0 Å². The fourth-order valence-corrected chi connectivity index (χ4v) is 1.52. The topological polar surface area (TPSA) is 45.8 Å². The summed E-state index contributed by atoms with van der Waals surface area (Å²) in [7, 11) is 0. The van der Waals surface area contributed by atoms with Crippen molar-refractivity contribution < 1.29 is 4.39 Å². The first-order chi connectivity index (χ1) is 7.66. The van der Waals surface area contributed by atoms with Crippen LogP contribution < -0.4 is 5.56 Å². The summed E-state index contributed by atoms with van der Waals surface area (Å²) in [6.45, 7) is 0. The van der Waals surface area contributed by atoms with Crippen molar-refractivity contribution in [3.63, 3.8) is 0 Å². The van der Waals surface area contributed by atoms with Gasteiger partial charge in [0.15, 0.2) is 0 Å². The minimum absolute atomic E-state index is 0.0568. The molecule has 0 saturated carbocycles. The van der Waals surface area contributed by atoms with Crippen LogP contribution in [0.5, 0.6) is 0 Å². The number of hydrogen-bond acceptors (Lipinski definition) is 2. The average Bonchev–Trinajstić information content (AvgIpc) is 2.27. The van der Waals surface area contributed by atoms with E-state index < -0.39 is 5.56 Å². The molecule has 0 aliphatic carbocycles. The van der Waals surface area contributed by atoms with E-state index in [1.807, 2.05) is 0 Å². The lowest BCUT2D eigenvalue weighted by Gasteiger charge is -2.02. The monoisotopic (exact) mass is 238 g/mol. The fourth-order valence-electron chi connectivity index (χ4n) is 1.35. The lowest BCUT2D eigenvalue weighted by Crippen LogP contribution is -2.10. The zero-order valence-corrected chi connectivity index (χ0v) is 8.96. The maximum Gasteiger partial charge on any atom is 0.282 e. The van der Waals surface area contributed by atoms with Crippen molar-refractivity contribution in [2.45, 2.75) is 6.42 Å². The summed E-state index contributed by atoms with van der Waals surface area (Å²) in [4.78, 5) is 11.0. The van der Waals surface area contributed by atoms with Crippen LogP contribution in [-0.2, 0) is 6.42 Å². The van der Waals surface area contributed by atoms with Crippen LogP contribution in [0.1, 0.15) is 11.3 Å². The number of aromatic nitrogens is 2. The zero-order valence-electron chi connectivity index (χ0n) is 8.21. The second-order valence-corrected chi connectivity index (χ2v) is 3.71. The minimum atomic E-state index is -0.445. The number of rotatable bonds is 2. The van der Waals surface area contributed by atoms with E-state index in [1.54, 1.807) is 18.2 Å². The molecule has 1 aromatic heterocycles. The molecular formula is C11H8ClFN2O. The highest BCUT2D eigenvalue weighted by Gasteiger charge is 2.05. The van der Waals surface area contributed by atoms with Gasteiger partial charge in [-0.05, 0) is 17.7 Å². The van der Waals surface area contributed by atoms with Gasteiger partial charge in [-0.15, -0.1) is 0 Å². The van der Waals surface area contributed by atoms with Gasteiger partial charge < -0.3 is 0 Å². The van der Waals surface area contributed by atoms with Crippen LogP contribution in [0.15, 0.2) is 35.1 Å². The molecule has 1 aromatic carbocycles. The Morgan fingerprint density at radius 3 is 2.81 bits per heavy atom. The molecule has 82 valence electrons. The molecule has 0 radical (unpaired) electrons. The van der Waals surface area contributed by atoms with E-state index in [4.69, 9.17) is 11.6 Å². The molecule has 1 heterocycles. The third-order valence-corrected chi connectivity index (χ3v) is 2.42. The predicted octanol–water partition coefficient (Wildman–Crippen LogP) is 2.15. The summed E-state index contributed by atoms with van der Waals surface area (Å²) in [6.07, 6.45) is 0.295. The number of halogens is 2. The smallest absolute Gasteiger partial charge is 0.266 e. The third-order valence-electron chi connectivity index (χ3n) is 2.14. The molecular weight excluding hydrogens is 231 g/mol. The number of hydrogen-bond donors (Lipinski definition) is 1. The zero-order chi connectivity index (χ0) is 11.5. The van der Waals surface area contributed by atoms with E-state index in [0.717, 1.165) is 0 Å². The number of aromatic amines is 1. The van der Waals surface area contributed by atoms with Crippen LogP contribution in [-0.4, -0.2) is 10.2 Å². The van der Waals surface area contributed by atoms with Gasteiger partial charge in [0, 0.05) is 6.42 Å². The first-order valence-corrected chi connectivity index (χ1v) is 5.02. The van der Waals surface area contributed by atoms with Crippen LogP contribution in [0.4, 0.5) is 4.39 Å². The van der Waals surface area contributed by atoms with E-state index in [0.29, 0.717) is 17.7 Å². The Bertz CT molecular complexity index is 568. The van der Waals surface area contributed by atoms with Gasteiger partial charge in [0.05, 0.1) is 5.69 Å². The summed E-state index contributed by atoms with van der Waals surface area (Å²) in [5.41, 5.74) is 0.590. The van der Waals surface area contributed by atoms with Crippen molar-refractivity contribution in [2.24, 2.45) is 0 Å². The molecule has 2 aromatic rings. The summed E-state index contributed by atoms with van der Waals surface area (Å²) in [6, 6.07) is 7.84. The molecule has 0 atom stereocenters. The van der Waals surface area contributed by atoms with Crippen molar-refractivity contribution >= 4 is 11.6 Å². The Morgan fingerprint density at radius 1 is 1.38 bits per heavy atom. The van der Waals surface area contributed by atoms with Crippen LogP contribution >= 0.6 is 11.6 Å². The molecule has 16 heavy (non-hydrogen) atoms. The van der Waals surface area contributed by atoms with E-state index in [9.17, 15) is 9.18 Å². The van der Waals surface area contributed by atoms with Crippen LogP contribution in [0.25, 0.3) is 0 Å². The SMILES string of the molecule is O=c1[nH]nc(Cc2ccccc2F)cc1Cl. The second-order valence-electron chi connectivity index (χ2n) is 3.30. The summed E-state index contributed by atoms with van der Waals surface area (Å²) in [5, 5.41) is 6.09. The summed E-state index contributed by atoms with van der Waals surface area (Å²) >= 11 is 5.64. The molecule has 0 saturated heterocycles. The normalized spacial score (nSPS) is 10.4. The summed E-state index contributed by atoms with van der Waals surface area (Å²) in [5.74, 6) is -0.299. The van der Waals surface area contributed by atoms with Gasteiger partial charge in [0.25, 0.3) is 5.56 Å². The fraction of sp³-hybridized carbons (Fsp3) is 0.0909. The van der Waals surface area contributed by atoms with Crippen LogP contribution in [0.2, 0.25) is 5.02 Å². The Morgan fingerprint density at radius 2 is 2.12 bits per heavy atom. The Hall–Kier alpha value is -1.68.